The Morgan fingerprint density at radius 3 is 2.41 bits per heavy atom. The lowest BCUT2D eigenvalue weighted by Gasteiger charge is -2.26. The van der Waals surface area contributed by atoms with E-state index in [-0.39, 0.29) is 18.6 Å². The van der Waals surface area contributed by atoms with Crippen LogP contribution in [0, 0.1) is 0 Å². The van der Waals surface area contributed by atoms with Crippen LogP contribution in [-0.4, -0.2) is 83.2 Å². The highest BCUT2D eigenvalue weighted by Gasteiger charge is 2.25. The van der Waals surface area contributed by atoms with Crippen LogP contribution in [0.5, 0.6) is 5.88 Å². The van der Waals surface area contributed by atoms with E-state index in [2.05, 4.69) is 25.5 Å². The summed E-state index contributed by atoms with van der Waals surface area (Å²) in [6, 6.07) is 14.6. The van der Waals surface area contributed by atoms with Crippen LogP contribution in [0.4, 0.5) is 10.5 Å². The molecule has 2 N–H and O–H groups in total. The number of benzene rings is 2. The minimum Gasteiger partial charge on any atom is -0.481 e. The van der Waals surface area contributed by atoms with E-state index >= 15 is 0 Å². The largest absolute Gasteiger partial charge is 0.481 e. The summed E-state index contributed by atoms with van der Waals surface area (Å²) < 4.78 is 12.9. The van der Waals surface area contributed by atoms with Crippen LogP contribution in [0.25, 0.3) is 22.4 Å². The third kappa shape index (κ3) is 6.41. The molecule has 0 radical (unpaired) electrons. The second-order valence-electron chi connectivity index (χ2n) is 11.3. The smallest absolute Gasteiger partial charge is 0.410 e. The van der Waals surface area contributed by atoms with Crippen molar-refractivity contribution in [2.45, 2.75) is 19.6 Å². The third-order valence-electron chi connectivity index (χ3n) is 8.32. The van der Waals surface area contributed by atoms with Gasteiger partial charge in [-0.1, -0.05) is 53.5 Å². The van der Waals surface area contributed by atoms with Gasteiger partial charge in [-0.3, -0.25) is 4.79 Å². The van der Waals surface area contributed by atoms with Crippen LogP contribution in [0.3, 0.4) is 0 Å². The summed E-state index contributed by atoms with van der Waals surface area (Å²) in [7, 11) is 5.42. The molecule has 1 saturated heterocycles. The number of nitrogens with one attached hydrogen (secondary N) is 2. The lowest BCUT2D eigenvalue weighted by molar-refractivity contribution is 0.0910. The molecule has 1 fully saturated rings. The fraction of sp³-hybridized carbons (Fsp3) is 0.333. The van der Waals surface area contributed by atoms with Crippen LogP contribution in [0.1, 0.15) is 27.6 Å². The number of hydrogen-bond donors (Lipinski definition) is 2. The molecule has 4 heterocycles. The molecule has 0 spiro atoms. The molecule has 0 aliphatic carbocycles. The van der Waals surface area contributed by atoms with E-state index in [4.69, 9.17) is 32.7 Å². The van der Waals surface area contributed by atoms with Crippen LogP contribution in [0.15, 0.2) is 48.5 Å². The zero-order chi connectivity index (χ0) is 32.4. The van der Waals surface area contributed by atoms with E-state index in [0.717, 1.165) is 37.4 Å². The van der Waals surface area contributed by atoms with Crippen LogP contribution in [0.2, 0.25) is 10.0 Å². The van der Waals surface area contributed by atoms with Gasteiger partial charge in [-0.2, -0.15) is 0 Å². The highest BCUT2D eigenvalue weighted by molar-refractivity contribution is 6.39. The van der Waals surface area contributed by atoms with Crippen molar-refractivity contribution in [3.05, 3.63) is 81.4 Å². The molecule has 2 aromatic carbocycles. The summed E-state index contributed by atoms with van der Waals surface area (Å²) >= 11 is 13.9. The molecule has 6 rings (SSSR count). The Balaban J connectivity index is 1.22. The molecule has 2 aliphatic rings. The number of pyridine rings is 1. The number of anilines is 1. The number of ether oxygens (including phenoxy) is 2. The first kappa shape index (κ1) is 31.8. The monoisotopic (exact) mass is 663 g/mol. The summed E-state index contributed by atoms with van der Waals surface area (Å²) in [6.45, 7) is 4.33. The number of fused-ring (bicyclic) bond motifs is 1. The van der Waals surface area contributed by atoms with Crippen LogP contribution in [-0.2, 0) is 31.4 Å². The number of hydrogen-bond acceptors (Lipinski definition) is 8. The van der Waals surface area contributed by atoms with Gasteiger partial charge in [0.1, 0.15) is 6.61 Å². The maximum absolute atomic E-state index is 13.3. The number of aromatic nitrogens is 3. The number of methoxy groups -OCH3 is 1. The first-order valence-corrected chi connectivity index (χ1v) is 15.8. The van der Waals surface area contributed by atoms with Gasteiger partial charge in [0, 0.05) is 75.1 Å². The minimum atomic E-state index is -0.370. The predicted octanol–water partition coefficient (Wildman–Crippen LogP) is 5.25. The van der Waals surface area contributed by atoms with Crippen molar-refractivity contribution >= 4 is 40.9 Å². The van der Waals surface area contributed by atoms with Crippen molar-refractivity contribution in [3.63, 3.8) is 0 Å². The molecule has 0 atom stereocenters. The van der Waals surface area contributed by atoms with Crippen LogP contribution < -0.4 is 15.4 Å². The van der Waals surface area contributed by atoms with Gasteiger partial charge in [0.05, 0.1) is 39.8 Å². The number of rotatable bonds is 7. The average molecular weight is 665 g/mol. The zero-order valence-electron chi connectivity index (χ0n) is 25.9. The summed E-state index contributed by atoms with van der Waals surface area (Å²) in [6.07, 6.45) is 0.465. The maximum Gasteiger partial charge on any atom is 0.410 e. The number of carbonyl (C=O) groups is 2. The van der Waals surface area contributed by atoms with Crippen molar-refractivity contribution in [3.8, 4) is 28.3 Å². The molecule has 2 aliphatic heterocycles. The van der Waals surface area contributed by atoms with Gasteiger partial charge in [0.25, 0.3) is 5.91 Å². The first-order chi connectivity index (χ1) is 22.2. The molecular weight excluding hydrogens is 629 g/mol. The van der Waals surface area contributed by atoms with E-state index < -0.39 is 0 Å². The number of halogens is 2. The predicted molar refractivity (Wildman–Crippen MR) is 178 cm³/mol. The van der Waals surface area contributed by atoms with E-state index in [1.54, 1.807) is 11.0 Å². The second kappa shape index (κ2) is 13.7. The van der Waals surface area contributed by atoms with Crippen molar-refractivity contribution in [2.24, 2.45) is 7.05 Å². The van der Waals surface area contributed by atoms with Crippen molar-refractivity contribution in [1.82, 2.24) is 29.7 Å². The molecule has 0 unspecified atom stereocenters. The van der Waals surface area contributed by atoms with E-state index in [1.807, 2.05) is 61.1 Å². The molecule has 240 valence electrons. The van der Waals surface area contributed by atoms with E-state index in [9.17, 15) is 9.59 Å². The Morgan fingerprint density at radius 1 is 0.935 bits per heavy atom. The Morgan fingerprint density at radius 2 is 1.65 bits per heavy atom. The summed E-state index contributed by atoms with van der Waals surface area (Å²) in [4.78, 5) is 39.0. The number of likely N-dealkylation sites (N-methyl/N-ethyl adjacent to an activating group) is 1. The summed E-state index contributed by atoms with van der Waals surface area (Å²) in [5.74, 6) is 0.328. The highest BCUT2D eigenvalue weighted by atomic mass is 35.5. The Hall–Kier alpha value is -4.16. The lowest BCUT2D eigenvalue weighted by Crippen LogP contribution is -2.46. The SMILES string of the molecule is COc1nc(-c2cccc(-c3cccc(NC(=O)c4nc5c(n4C)CCN(C)C5)c3Cl)c2Cl)ccc1COC(=O)N1CCNCC1. The van der Waals surface area contributed by atoms with Gasteiger partial charge in [0.15, 0.2) is 5.82 Å². The number of nitrogens with zero attached hydrogens (tertiary/aromatic N) is 5. The molecule has 13 heteroatoms. The van der Waals surface area contributed by atoms with E-state index in [0.29, 0.717) is 75.0 Å². The minimum absolute atomic E-state index is 0.0268. The normalized spacial score (nSPS) is 14.9. The third-order valence-corrected chi connectivity index (χ3v) is 9.13. The quantitative estimate of drug-likeness (QED) is 0.276. The molecular formula is C33H35Cl2N7O4. The molecule has 0 bridgehead atoms. The number of piperazine rings is 1. The standard InChI is InChI=1S/C33H35Cl2N7O4/c1-40-15-12-27-26(18-40)37-30(41(27)2)31(43)38-25-9-5-7-22(29(25)35)21-6-4-8-23(28(21)34)24-11-10-20(32(39-24)45-3)19-46-33(44)42-16-13-36-14-17-42/h4-11,36H,12-19H2,1-3H3,(H,38,43). The summed E-state index contributed by atoms with van der Waals surface area (Å²) in [5.41, 5.74) is 5.63. The molecule has 46 heavy (non-hydrogen) atoms. The first-order valence-electron chi connectivity index (χ1n) is 15.0. The highest BCUT2D eigenvalue weighted by Crippen LogP contribution is 2.41. The Bertz CT molecular complexity index is 1790. The van der Waals surface area contributed by atoms with Gasteiger partial charge in [-0.25, -0.2) is 14.8 Å². The molecule has 4 aromatic rings. The Labute approximate surface area is 277 Å². The van der Waals surface area contributed by atoms with E-state index in [1.165, 1.54) is 7.11 Å². The molecule has 0 saturated carbocycles. The van der Waals surface area contributed by atoms with Crippen molar-refractivity contribution < 1.29 is 19.1 Å². The molecule has 2 amide bonds. The number of carbonyl (C=O) groups excluding carboxylic acids is 2. The maximum atomic E-state index is 13.3. The van der Waals surface area contributed by atoms with Gasteiger partial charge in [0.2, 0.25) is 5.88 Å². The van der Waals surface area contributed by atoms with Crippen molar-refractivity contribution in [2.75, 3.05) is 52.2 Å². The summed E-state index contributed by atoms with van der Waals surface area (Å²) in [5, 5.41) is 6.94. The fourth-order valence-corrected chi connectivity index (χ4v) is 6.40. The lowest BCUT2D eigenvalue weighted by atomic mass is 10.00. The van der Waals surface area contributed by atoms with Crippen LogP contribution >= 0.6 is 23.2 Å². The van der Waals surface area contributed by atoms with Gasteiger partial charge < -0.3 is 34.5 Å². The number of imidazole rings is 1. The molecule has 2 aromatic heterocycles. The number of amides is 2. The zero-order valence-corrected chi connectivity index (χ0v) is 27.4. The van der Waals surface area contributed by atoms with Gasteiger partial charge >= 0.3 is 6.09 Å². The molecule has 11 nitrogen and oxygen atoms in total. The van der Waals surface area contributed by atoms with Gasteiger partial charge in [-0.15, -0.1) is 0 Å². The second-order valence-corrected chi connectivity index (χ2v) is 12.1. The topological polar surface area (TPSA) is 114 Å². The average Bonchev–Trinajstić information content (AvgIpc) is 3.40. The fourth-order valence-electron chi connectivity index (χ4n) is 5.80. The van der Waals surface area contributed by atoms with Crippen molar-refractivity contribution in [1.29, 1.82) is 0 Å². The van der Waals surface area contributed by atoms with Gasteiger partial charge in [-0.05, 0) is 25.2 Å². The Kier molecular flexibility index (Phi) is 9.46.